The van der Waals surface area contributed by atoms with Crippen LogP contribution in [-0.2, 0) is 10.0 Å². The molecular formula is C18H17BrN2O3S2. The molecule has 136 valence electrons. The fraction of sp³-hybridized carbons (Fsp3) is 0.278. The van der Waals surface area contributed by atoms with Crippen LogP contribution >= 0.6 is 27.3 Å². The average Bonchev–Trinajstić information content (AvgIpc) is 3.28. The summed E-state index contributed by atoms with van der Waals surface area (Å²) in [6.45, 7) is 0.485. The highest BCUT2D eigenvalue weighted by molar-refractivity contribution is 9.10. The first-order valence-corrected chi connectivity index (χ1v) is 11.3. The molecule has 0 unspecified atom stereocenters. The van der Waals surface area contributed by atoms with Crippen LogP contribution in [0.1, 0.15) is 23.9 Å². The van der Waals surface area contributed by atoms with Crippen LogP contribution in [0.3, 0.4) is 0 Å². The number of methoxy groups -OCH3 is 1. The van der Waals surface area contributed by atoms with Crippen molar-refractivity contribution in [3.63, 3.8) is 0 Å². The molecule has 4 rings (SSSR count). The number of para-hydroxylation sites is 1. The van der Waals surface area contributed by atoms with Crippen molar-refractivity contribution >= 4 is 47.5 Å². The van der Waals surface area contributed by atoms with Gasteiger partial charge in [-0.1, -0.05) is 28.1 Å². The maximum Gasteiger partial charge on any atom is 0.247 e. The van der Waals surface area contributed by atoms with Gasteiger partial charge >= 0.3 is 0 Å². The van der Waals surface area contributed by atoms with E-state index in [1.165, 1.54) is 7.11 Å². The van der Waals surface area contributed by atoms with Gasteiger partial charge in [-0.05, 0) is 43.2 Å². The van der Waals surface area contributed by atoms with Gasteiger partial charge in [0, 0.05) is 11.0 Å². The molecule has 8 heteroatoms. The highest BCUT2D eigenvalue weighted by Gasteiger charge is 2.39. The topological polar surface area (TPSA) is 59.5 Å². The number of hydrogen-bond acceptors (Lipinski definition) is 5. The van der Waals surface area contributed by atoms with Crippen molar-refractivity contribution in [2.45, 2.75) is 23.8 Å². The number of ether oxygens (including phenoxy) is 1. The molecule has 26 heavy (non-hydrogen) atoms. The minimum atomic E-state index is -3.69. The lowest BCUT2D eigenvalue weighted by atomic mass is 10.2. The van der Waals surface area contributed by atoms with Crippen LogP contribution in [0.25, 0.3) is 10.2 Å². The Kier molecular flexibility index (Phi) is 4.77. The molecule has 0 radical (unpaired) electrons. The third-order valence-electron chi connectivity index (χ3n) is 4.51. The van der Waals surface area contributed by atoms with Crippen molar-refractivity contribution < 1.29 is 13.2 Å². The second kappa shape index (κ2) is 6.92. The van der Waals surface area contributed by atoms with Crippen LogP contribution in [0.15, 0.2) is 51.8 Å². The molecule has 1 atom stereocenters. The van der Waals surface area contributed by atoms with Crippen molar-refractivity contribution in [2.75, 3.05) is 13.7 Å². The van der Waals surface area contributed by atoms with E-state index < -0.39 is 10.0 Å². The van der Waals surface area contributed by atoms with E-state index in [0.717, 1.165) is 28.1 Å². The number of rotatable bonds is 4. The Morgan fingerprint density at radius 1 is 1.27 bits per heavy atom. The second-order valence-electron chi connectivity index (χ2n) is 6.09. The highest BCUT2D eigenvalue weighted by Crippen LogP contribution is 2.41. The Morgan fingerprint density at radius 3 is 2.85 bits per heavy atom. The van der Waals surface area contributed by atoms with Gasteiger partial charge in [0.05, 0.1) is 23.4 Å². The molecule has 1 fully saturated rings. The monoisotopic (exact) mass is 452 g/mol. The Morgan fingerprint density at radius 2 is 2.08 bits per heavy atom. The van der Waals surface area contributed by atoms with E-state index in [4.69, 9.17) is 4.74 Å². The van der Waals surface area contributed by atoms with Gasteiger partial charge in [-0.2, -0.15) is 4.31 Å². The van der Waals surface area contributed by atoms with Gasteiger partial charge < -0.3 is 4.74 Å². The van der Waals surface area contributed by atoms with Crippen LogP contribution < -0.4 is 4.74 Å². The van der Waals surface area contributed by atoms with Gasteiger partial charge in [-0.25, -0.2) is 13.4 Å². The van der Waals surface area contributed by atoms with E-state index in [9.17, 15) is 8.42 Å². The van der Waals surface area contributed by atoms with Gasteiger partial charge in [-0.15, -0.1) is 11.3 Å². The highest BCUT2D eigenvalue weighted by atomic mass is 79.9. The number of aromatic nitrogens is 1. The molecule has 1 saturated heterocycles. The van der Waals surface area contributed by atoms with Crippen molar-refractivity contribution in [3.05, 3.63) is 51.9 Å². The number of nitrogens with zero attached hydrogens (tertiary/aromatic N) is 2. The first-order valence-electron chi connectivity index (χ1n) is 8.21. The molecule has 5 nitrogen and oxygen atoms in total. The lowest BCUT2D eigenvalue weighted by molar-refractivity contribution is 0.380. The molecule has 1 aliphatic rings. The van der Waals surface area contributed by atoms with Crippen molar-refractivity contribution in [1.82, 2.24) is 9.29 Å². The van der Waals surface area contributed by atoms with Crippen LogP contribution in [0.5, 0.6) is 5.75 Å². The SMILES string of the molecule is COc1ccc(Br)cc1S(=O)(=O)N1CCC[C@H]1c1nc2ccccc2s1. The normalized spacial score (nSPS) is 18.5. The zero-order chi connectivity index (χ0) is 18.3. The minimum Gasteiger partial charge on any atom is -0.495 e. The Labute approximate surface area is 164 Å². The van der Waals surface area contributed by atoms with Crippen LogP contribution in [0, 0.1) is 0 Å². The predicted octanol–water partition coefficient (Wildman–Crippen LogP) is 4.59. The molecule has 2 heterocycles. The molecule has 0 amide bonds. The molecule has 0 aliphatic carbocycles. The summed E-state index contributed by atoms with van der Waals surface area (Å²) in [5.74, 6) is 0.350. The molecule has 0 N–H and O–H groups in total. The van der Waals surface area contributed by atoms with Crippen LogP contribution in [0.4, 0.5) is 0 Å². The molecule has 0 bridgehead atoms. The van der Waals surface area contributed by atoms with Crippen molar-refractivity contribution in [2.24, 2.45) is 0 Å². The smallest absolute Gasteiger partial charge is 0.247 e. The lowest BCUT2D eigenvalue weighted by Crippen LogP contribution is -2.31. The minimum absolute atomic E-state index is 0.183. The number of sulfonamides is 1. The Balaban J connectivity index is 1.77. The third kappa shape index (κ3) is 3.05. The summed E-state index contributed by atoms with van der Waals surface area (Å²) < 4.78 is 35.4. The van der Waals surface area contributed by atoms with E-state index in [0.29, 0.717) is 16.8 Å². The van der Waals surface area contributed by atoms with Gasteiger partial charge in [0.2, 0.25) is 10.0 Å². The van der Waals surface area contributed by atoms with Gasteiger partial charge in [-0.3, -0.25) is 0 Å². The molecule has 3 aromatic rings. The number of halogens is 1. The van der Waals surface area contributed by atoms with Crippen LogP contribution in [0.2, 0.25) is 0 Å². The van der Waals surface area contributed by atoms with E-state index in [-0.39, 0.29) is 10.9 Å². The molecule has 0 saturated carbocycles. The quantitative estimate of drug-likeness (QED) is 0.580. The van der Waals surface area contributed by atoms with E-state index >= 15 is 0 Å². The number of fused-ring (bicyclic) bond motifs is 1. The predicted molar refractivity (Wildman–Crippen MR) is 106 cm³/mol. The maximum absolute atomic E-state index is 13.4. The van der Waals surface area contributed by atoms with E-state index in [2.05, 4.69) is 20.9 Å². The van der Waals surface area contributed by atoms with Crippen LogP contribution in [-0.4, -0.2) is 31.4 Å². The largest absolute Gasteiger partial charge is 0.495 e. The average molecular weight is 453 g/mol. The summed E-state index contributed by atoms with van der Waals surface area (Å²) in [7, 11) is -2.21. The molecule has 0 spiro atoms. The van der Waals surface area contributed by atoms with Crippen molar-refractivity contribution in [1.29, 1.82) is 0 Å². The summed E-state index contributed by atoms with van der Waals surface area (Å²) in [5, 5.41) is 0.848. The first kappa shape index (κ1) is 17.9. The molecule has 1 aliphatic heterocycles. The van der Waals surface area contributed by atoms with Gasteiger partial charge in [0.15, 0.2) is 0 Å². The number of thiazole rings is 1. The number of hydrogen-bond donors (Lipinski definition) is 0. The summed E-state index contributed by atoms with van der Waals surface area (Å²) in [6, 6.07) is 12.7. The molecular weight excluding hydrogens is 436 g/mol. The summed E-state index contributed by atoms with van der Waals surface area (Å²) in [6.07, 6.45) is 1.59. The molecule has 1 aromatic heterocycles. The zero-order valence-electron chi connectivity index (χ0n) is 14.1. The van der Waals surface area contributed by atoms with Crippen molar-refractivity contribution in [3.8, 4) is 5.75 Å². The fourth-order valence-electron chi connectivity index (χ4n) is 3.29. The zero-order valence-corrected chi connectivity index (χ0v) is 17.3. The van der Waals surface area contributed by atoms with E-state index in [1.807, 2.05) is 24.3 Å². The second-order valence-corrected chi connectivity index (χ2v) is 9.93. The Bertz CT molecular complexity index is 1030. The standard InChI is InChI=1S/C18H17BrN2O3S2/c1-24-15-9-8-12(19)11-17(15)26(22,23)21-10-4-6-14(21)18-20-13-5-2-3-7-16(13)25-18/h2-3,5,7-9,11,14H,4,6,10H2,1H3/t14-/m0/s1. The third-order valence-corrected chi connectivity index (χ3v) is 8.07. The summed E-state index contributed by atoms with van der Waals surface area (Å²) >= 11 is 4.93. The summed E-state index contributed by atoms with van der Waals surface area (Å²) in [4.78, 5) is 4.87. The Hall–Kier alpha value is -1.48. The fourth-order valence-corrected chi connectivity index (χ4v) is 6.82. The number of benzene rings is 2. The molecule has 2 aromatic carbocycles. The maximum atomic E-state index is 13.4. The van der Waals surface area contributed by atoms with Gasteiger partial charge in [0.1, 0.15) is 15.7 Å². The summed E-state index contributed by atoms with van der Waals surface area (Å²) in [5.41, 5.74) is 0.914. The van der Waals surface area contributed by atoms with E-state index in [1.54, 1.807) is 33.8 Å². The first-order chi connectivity index (χ1) is 12.5. The lowest BCUT2D eigenvalue weighted by Gasteiger charge is -2.23. The van der Waals surface area contributed by atoms with Gasteiger partial charge in [0.25, 0.3) is 0 Å².